The van der Waals surface area contributed by atoms with Crippen molar-refractivity contribution in [1.29, 1.82) is 0 Å². The molecule has 2 atom stereocenters. The molecule has 2 aromatic carbocycles. The van der Waals surface area contributed by atoms with Crippen molar-refractivity contribution in [2.24, 2.45) is 11.7 Å². The van der Waals surface area contributed by atoms with E-state index in [-0.39, 0.29) is 48.4 Å². The lowest BCUT2D eigenvalue weighted by molar-refractivity contribution is -0.136. The number of carbonyl (C=O) groups excluding carboxylic acids is 1. The number of piperazine rings is 1. The predicted molar refractivity (Wildman–Crippen MR) is 112 cm³/mol. The predicted octanol–water partition coefficient (Wildman–Crippen LogP) is 3.79. The van der Waals surface area contributed by atoms with E-state index in [9.17, 15) is 13.6 Å². The van der Waals surface area contributed by atoms with Crippen molar-refractivity contribution in [2.45, 2.75) is 13.0 Å². The van der Waals surface area contributed by atoms with E-state index in [0.717, 1.165) is 17.7 Å². The Kier molecular flexibility index (Phi) is 9.14. The van der Waals surface area contributed by atoms with Crippen LogP contribution < -0.4 is 10.6 Å². The molecule has 1 aliphatic heterocycles. The molecule has 2 unspecified atom stereocenters. The van der Waals surface area contributed by atoms with E-state index >= 15 is 0 Å². The smallest absolute Gasteiger partial charge is 0.227 e. The minimum Gasteiger partial charge on any atom is -0.366 e. The SMILES string of the molecule is CC(C(=O)N1CCN(c2cc(F)ccc2F)CC1)C(N)c1ccccc1.Cl.Cl. The summed E-state index contributed by atoms with van der Waals surface area (Å²) in [5.74, 6) is -1.29. The van der Waals surface area contributed by atoms with Crippen molar-refractivity contribution < 1.29 is 13.6 Å². The van der Waals surface area contributed by atoms with Gasteiger partial charge in [0.2, 0.25) is 5.91 Å². The lowest BCUT2D eigenvalue weighted by Crippen LogP contribution is -2.51. The number of halogens is 4. The van der Waals surface area contributed by atoms with Gasteiger partial charge in [-0.25, -0.2) is 8.78 Å². The molecule has 3 rings (SSSR count). The fraction of sp³-hybridized carbons (Fsp3) is 0.350. The molecule has 0 bridgehead atoms. The molecule has 8 heteroatoms. The van der Waals surface area contributed by atoms with Gasteiger partial charge < -0.3 is 15.5 Å². The number of rotatable bonds is 4. The number of amides is 1. The summed E-state index contributed by atoms with van der Waals surface area (Å²) in [4.78, 5) is 16.3. The maximum atomic E-state index is 13.9. The summed E-state index contributed by atoms with van der Waals surface area (Å²) in [6, 6.07) is 12.6. The quantitative estimate of drug-likeness (QED) is 0.800. The van der Waals surface area contributed by atoms with E-state index in [4.69, 9.17) is 5.73 Å². The van der Waals surface area contributed by atoms with Gasteiger partial charge in [0.15, 0.2) is 0 Å². The Morgan fingerprint density at radius 2 is 1.61 bits per heavy atom. The van der Waals surface area contributed by atoms with Gasteiger partial charge in [-0.15, -0.1) is 24.8 Å². The second kappa shape index (κ2) is 10.6. The molecule has 1 aliphatic rings. The number of nitrogens with zero attached hydrogens (tertiary/aromatic N) is 2. The Morgan fingerprint density at radius 3 is 2.21 bits per heavy atom. The Balaban J connectivity index is 0.00000196. The molecule has 0 aromatic heterocycles. The van der Waals surface area contributed by atoms with Gasteiger partial charge in [0.25, 0.3) is 0 Å². The van der Waals surface area contributed by atoms with Crippen LogP contribution in [0.5, 0.6) is 0 Å². The molecule has 154 valence electrons. The van der Waals surface area contributed by atoms with Crippen LogP contribution in [0.1, 0.15) is 18.5 Å². The molecular weight excluding hydrogens is 407 g/mol. The van der Waals surface area contributed by atoms with Gasteiger partial charge in [-0.05, 0) is 17.7 Å². The second-order valence-corrected chi connectivity index (χ2v) is 6.63. The third-order valence-corrected chi connectivity index (χ3v) is 4.95. The van der Waals surface area contributed by atoms with Crippen LogP contribution >= 0.6 is 24.8 Å². The first-order valence-electron chi connectivity index (χ1n) is 8.76. The summed E-state index contributed by atoms with van der Waals surface area (Å²) < 4.78 is 27.3. The average Bonchev–Trinajstić information content (AvgIpc) is 2.69. The third-order valence-electron chi connectivity index (χ3n) is 4.95. The van der Waals surface area contributed by atoms with Gasteiger partial charge in [0, 0.05) is 38.3 Å². The van der Waals surface area contributed by atoms with Crippen molar-refractivity contribution in [3.63, 3.8) is 0 Å². The Morgan fingerprint density at radius 1 is 1.00 bits per heavy atom. The highest BCUT2D eigenvalue weighted by atomic mass is 35.5. The third kappa shape index (κ3) is 5.34. The molecule has 0 saturated carbocycles. The monoisotopic (exact) mass is 431 g/mol. The van der Waals surface area contributed by atoms with Crippen LogP contribution in [0.4, 0.5) is 14.5 Å². The van der Waals surface area contributed by atoms with E-state index in [1.54, 1.807) is 9.80 Å². The standard InChI is InChI=1S/C20H23F2N3O.2ClH/c1-14(19(23)15-5-3-2-4-6-15)20(26)25-11-9-24(10-12-25)18-13-16(21)7-8-17(18)22;;/h2-8,13-14,19H,9-12,23H2,1H3;2*1H. The zero-order chi connectivity index (χ0) is 18.7. The molecule has 1 saturated heterocycles. The van der Waals surface area contributed by atoms with E-state index < -0.39 is 11.6 Å². The van der Waals surface area contributed by atoms with Gasteiger partial charge in [-0.1, -0.05) is 37.3 Å². The average molecular weight is 432 g/mol. The molecule has 1 heterocycles. The second-order valence-electron chi connectivity index (χ2n) is 6.63. The summed E-state index contributed by atoms with van der Waals surface area (Å²) in [6.07, 6.45) is 0. The number of benzene rings is 2. The fourth-order valence-electron chi connectivity index (χ4n) is 3.30. The highest BCUT2D eigenvalue weighted by molar-refractivity contribution is 5.85. The fourth-order valence-corrected chi connectivity index (χ4v) is 3.30. The van der Waals surface area contributed by atoms with Crippen LogP contribution in [0.3, 0.4) is 0 Å². The molecule has 0 radical (unpaired) electrons. The number of carbonyl (C=O) groups is 1. The maximum absolute atomic E-state index is 13.9. The summed E-state index contributed by atoms with van der Waals surface area (Å²) in [6.45, 7) is 3.67. The lowest BCUT2D eigenvalue weighted by atomic mass is 9.94. The van der Waals surface area contributed by atoms with Crippen LogP contribution in [0.2, 0.25) is 0 Å². The van der Waals surface area contributed by atoms with Crippen LogP contribution in [-0.4, -0.2) is 37.0 Å². The summed E-state index contributed by atoms with van der Waals surface area (Å²) >= 11 is 0. The summed E-state index contributed by atoms with van der Waals surface area (Å²) in [5, 5.41) is 0. The molecule has 0 spiro atoms. The highest BCUT2D eigenvalue weighted by Gasteiger charge is 2.29. The van der Waals surface area contributed by atoms with Crippen molar-refractivity contribution in [3.05, 3.63) is 65.7 Å². The van der Waals surface area contributed by atoms with E-state index in [1.165, 1.54) is 6.07 Å². The maximum Gasteiger partial charge on any atom is 0.227 e. The molecule has 0 aliphatic carbocycles. The van der Waals surface area contributed by atoms with Gasteiger partial charge in [-0.3, -0.25) is 4.79 Å². The van der Waals surface area contributed by atoms with Crippen molar-refractivity contribution in [2.75, 3.05) is 31.1 Å². The van der Waals surface area contributed by atoms with Gasteiger partial charge in [0.1, 0.15) is 11.6 Å². The molecular formula is C20H25Cl2F2N3O. The summed E-state index contributed by atoms with van der Waals surface area (Å²) in [5.41, 5.74) is 7.42. The Hall–Kier alpha value is -1.89. The van der Waals surface area contributed by atoms with Gasteiger partial charge in [0.05, 0.1) is 11.6 Å². The van der Waals surface area contributed by atoms with Gasteiger partial charge in [-0.2, -0.15) is 0 Å². The normalized spacial score (nSPS) is 15.9. The number of nitrogens with two attached hydrogens (primary N) is 1. The number of hydrogen-bond donors (Lipinski definition) is 1. The first kappa shape index (κ1) is 24.1. The lowest BCUT2D eigenvalue weighted by Gasteiger charge is -2.38. The van der Waals surface area contributed by atoms with Crippen LogP contribution in [0, 0.1) is 17.6 Å². The first-order valence-corrected chi connectivity index (χ1v) is 8.76. The van der Waals surface area contributed by atoms with E-state index in [0.29, 0.717) is 26.2 Å². The minimum atomic E-state index is -0.470. The highest BCUT2D eigenvalue weighted by Crippen LogP contribution is 2.24. The Labute approximate surface area is 176 Å². The zero-order valence-electron chi connectivity index (χ0n) is 15.6. The Bertz CT molecular complexity index is 771. The number of anilines is 1. The molecule has 2 aromatic rings. The summed E-state index contributed by atoms with van der Waals surface area (Å²) in [7, 11) is 0. The minimum absolute atomic E-state index is 0. The topological polar surface area (TPSA) is 49.6 Å². The van der Waals surface area contributed by atoms with E-state index in [1.807, 2.05) is 37.3 Å². The largest absolute Gasteiger partial charge is 0.366 e. The first-order chi connectivity index (χ1) is 12.5. The molecule has 2 N–H and O–H groups in total. The van der Waals surface area contributed by atoms with Crippen LogP contribution in [-0.2, 0) is 4.79 Å². The molecule has 4 nitrogen and oxygen atoms in total. The number of hydrogen-bond acceptors (Lipinski definition) is 3. The van der Waals surface area contributed by atoms with Crippen LogP contribution in [0.25, 0.3) is 0 Å². The van der Waals surface area contributed by atoms with Crippen molar-refractivity contribution >= 4 is 36.4 Å². The zero-order valence-corrected chi connectivity index (χ0v) is 17.2. The van der Waals surface area contributed by atoms with Crippen molar-refractivity contribution in [3.8, 4) is 0 Å². The van der Waals surface area contributed by atoms with Crippen molar-refractivity contribution in [1.82, 2.24) is 4.90 Å². The van der Waals surface area contributed by atoms with Crippen LogP contribution in [0.15, 0.2) is 48.5 Å². The molecule has 1 fully saturated rings. The van der Waals surface area contributed by atoms with Gasteiger partial charge >= 0.3 is 0 Å². The molecule has 1 amide bonds. The molecule has 28 heavy (non-hydrogen) atoms. The van der Waals surface area contributed by atoms with E-state index in [2.05, 4.69) is 0 Å².